The quantitative estimate of drug-likeness (QED) is 0.461. The summed E-state index contributed by atoms with van der Waals surface area (Å²) in [6, 6.07) is 3.70. The van der Waals surface area contributed by atoms with E-state index in [2.05, 4.69) is 5.32 Å². The van der Waals surface area contributed by atoms with Crippen LogP contribution in [-0.2, 0) is 9.59 Å². The van der Waals surface area contributed by atoms with Crippen molar-refractivity contribution in [2.75, 3.05) is 7.05 Å². The SMILES string of the molecule is CN1C(=O)/C(=C\c2cccs2)C(=O)NC1=S. The Morgan fingerprint density at radius 1 is 1.50 bits per heavy atom. The molecule has 0 radical (unpaired) electrons. The third-order valence-electron chi connectivity index (χ3n) is 2.13. The van der Waals surface area contributed by atoms with E-state index in [9.17, 15) is 9.59 Å². The first-order valence-electron chi connectivity index (χ1n) is 4.48. The van der Waals surface area contributed by atoms with Crippen LogP contribution in [0.15, 0.2) is 23.1 Å². The van der Waals surface area contributed by atoms with Gasteiger partial charge in [0, 0.05) is 11.9 Å². The molecular weight excluding hydrogens is 244 g/mol. The zero-order chi connectivity index (χ0) is 11.7. The molecule has 0 aliphatic carbocycles. The highest BCUT2D eigenvalue weighted by Crippen LogP contribution is 2.16. The van der Waals surface area contributed by atoms with Crippen molar-refractivity contribution in [3.8, 4) is 0 Å². The maximum Gasteiger partial charge on any atom is 0.265 e. The van der Waals surface area contributed by atoms with E-state index in [1.165, 1.54) is 23.3 Å². The summed E-state index contributed by atoms with van der Waals surface area (Å²) in [4.78, 5) is 25.5. The lowest BCUT2D eigenvalue weighted by molar-refractivity contribution is -0.128. The molecule has 1 N–H and O–H groups in total. The van der Waals surface area contributed by atoms with Gasteiger partial charge in [-0.15, -0.1) is 11.3 Å². The minimum absolute atomic E-state index is 0.110. The first-order valence-corrected chi connectivity index (χ1v) is 5.77. The van der Waals surface area contributed by atoms with Gasteiger partial charge in [-0.25, -0.2) is 0 Å². The summed E-state index contributed by atoms with van der Waals surface area (Å²) in [5.74, 6) is -0.816. The van der Waals surface area contributed by atoms with E-state index in [0.717, 1.165) is 4.88 Å². The van der Waals surface area contributed by atoms with Crippen LogP contribution in [-0.4, -0.2) is 28.9 Å². The van der Waals surface area contributed by atoms with E-state index in [1.807, 2.05) is 17.5 Å². The van der Waals surface area contributed by atoms with Gasteiger partial charge < -0.3 is 0 Å². The van der Waals surface area contributed by atoms with Gasteiger partial charge in [0.25, 0.3) is 11.8 Å². The van der Waals surface area contributed by atoms with Crippen molar-refractivity contribution >= 4 is 46.6 Å². The maximum atomic E-state index is 11.8. The summed E-state index contributed by atoms with van der Waals surface area (Å²) in [5.41, 5.74) is 0.110. The fourth-order valence-electron chi connectivity index (χ4n) is 1.26. The normalized spacial score (nSPS) is 19.2. The molecule has 2 rings (SSSR count). The van der Waals surface area contributed by atoms with E-state index < -0.39 is 5.91 Å². The van der Waals surface area contributed by atoms with Crippen LogP contribution >= 0.6 is 23.6 Å². The average molecular weight is 252 g/mol. The number of nitrogens with one attached hydrogen (secondary N) is 1. The fourth-order valence-corrected chi connectivity index (χ4v) is 2.09. The van der Waals surface area contributed by atoms with E-state index in [-0.39, 0.29) is 16.6 Å². The van der Waals surface area contributed by atoms with E-state index in [0.29, 0.717) is 0 Å². The zero-order valence-electron chi connectivity index (χ0n) is 8.39. The molecule has 0 saturated carbocycles. The van der Waals surface area contributed by atoms with Crippen molar-refractivity contribution in [3.63, 3.8) is 0 Å². The highest BCUT2D eigenvalue weighted by atomic mass is 32.1. The Balaban J connectivity index is 2.37. The topological polar surface area (TPSA) is 49.4 Å². The van der Waals surface area contributed by atoms with Crippen LogP contribution in [0, 0.1) is 0 Å². The molecule has 16 heavy (non-hydrogen) atoms. The molecule has 1 aromatic rings. The van der Waals surface area contributed by atoms with Crippen LogP contribution in [0.5, 0.6) is 0 Å². The van der Waals surface area contributed by atoms with Gasteiger partial charge in [0.05, 0.1) is 0 Å². The fraction of sp³-hybridized carbons (Fsp3) is 0.100. The third kappa shape index (κ3) is 1.89. The number of hydrogen-bond acceptors (Lipinski definition) is 4. The first-order chi connectivity index (χ1) is 7.59. The van der Waals surface area contributed by atoms with Crippen molar-refractivity contribution in [1.82, 2.24) is 10.2 Å². The van der Waals surface area contributed by atoms with Gasteiger partial charge in [-0.2, -0.15) is 0 Å². The van der Waals surface area contributed by atoms with Crippen LogP contribution in [0.25, 0.3) is 6.08 Å². The maximum absolute atomic E-state index is 11.8. The minimum Gasteiger partial charge on any atom is -0.298 e. The van der Waals surface area contributed by atoms with Gasteiger partial charge in [0.15, 0.2) is 5.11 Å². The number of hydrogen-bond donors (Lipinski definition) is 1. The van der Waals surface area contributed by atoms with Gasteiger partial charge in [-0.1, -0.05) is 6.07 Å². The number of rotatable bonds is 1. The standard InChI is InChI=1S/C10H8N2O2S2/c1-12-9(14)7(8(13)11-10(12)15)5-6-3-2-4-16-6/h2-5H,1H3,(H,11,13,15)/b7-5-. The Morgan fingerprint density at radius 2 is 2.25 bits per heavy atom. The van der Waals surface area contributed by atoms with Crippen LogP contribution in [0.1, 0.15) is 4.88 Å². The van der Waals surface area contributed by atoms with E-state index >= 15 is 0 Å². The second kappa shape index (κ2) is 4.15. The molecule has 6 heteroatoms. The van der Waals surface area contributed by atoms with Crippen molar-refractivity contribution in [1.29, 1.82) is 0 Å². The van der Waals surface area contributed by atoms with Crippen molar-refractivity contribution < 1.29 is 9.59 Å². The predicted molar refractivity (Wildman–Crippen MR) is 65.8 cm³/mol. The molecule has 0 bridgehead atoms. The summed E-state index contributed by atoms with van der Waals surface area (Å²) in [7, 11) is 1.53. The van der Waals surface area contributed by atoms with E-state index in [4.69, 9.17) is 12.2 Å². The zero-order valence-corrected chi connectivity index (χ0v) is 10.0. The molecular formula is C10H8N2O2S2. The second-order valence-electron chi connectivity index (χ2n) is 3.20. The van der Waals surface area contributed by atoms with Gasteiger partial charge >= 0.3 is 0 Å². The number of carbonyl (C=O) groups is 2. The largest absolute Gasteiger partial charge is 0.298 e. The lowest BCUT2D eigenvalue weighted by atomic mass is 10.1. The Hall–Kier alpha value is -1.53. The Kier molecular flexibility index (Phi) is 2.84. The molecule has 4 nitrogen and oxygen atoms in total. The Morgan fingerprint density at radius 3 is 2.88 bits per heavy atom. The summed E-state index contributed by atoms with van der Waals surface area (Å²) in [6.45, 7) is 0. The summed E-state index contributed by atoms with van der Waals surface area (Å²) < 4.78 is 0. The Labute approximate surface area is 102 Å². The van der Waals surface area contributed by atoms with Crippen LogP contribution in [0.3, 0.4) is 0 Å². The van der Waals surface area contributed by atoms with Crippen molar-refractivity contribution in [2.45, 2.75) is 0 Å². The number of nitrogens with zero attached hydrogens (tertiary/aromatic N) is 1. The van der Waals surface area contributed by atoms with Gasteiger partial charge in [-0.3, -0.25) is 19.8 Å². The molecule has 0 spiro atoms. The number of thiocarbonyl (C=S) groups is 1. The highest BCUT2D eigenvalue weighted by Gasteiger charge is 2.30. The molecule has 1 aromatic heterocycles. The minimum atomic E-state index is -0.443. The van der Waals surface area contributed by atoms with Gasteiger partial charge in [0.2, 0.25) is 0 Å². The number of thiophene rings is 1. The first kappa shape index (κ1) is 11.0. The highest BCUT2D eigenvalue weighted by molar-refractivity contribution is 7.80. The van der Waals surface area contributed by atoms with Crippen molar-refractivity contribution in [2.24, 2.45) is 0 Å². The molecule has 0 atom stereocenters. The van der Waals surface area contributed by atoms with Crippen molar-refractivity contribution in [3.05, 3.63) is 28.0 Å². The molecule has 2 heterocycles. The van der Waals surface area contributed by atoms with Crippen LogP contribution < -0.4 is 5.32 Å². The molecule has 1 aliphatic heterocycles. The molecule has 0 unspecified atom stereocenters. The second-order valence-corrected chi connectivity index (χ2v) is 4.56. The molecule has 1 fully saturated rings. The lowest BCUT2D eigenvalue weighted by Gasteiger charge is -2.24. The third-order valence-corrected chi connectivity index (χ3v) is 3.33. The Bertz CT molecular complexity index is 491. The predicted octanol–water partition coefficient (Wildman–Crippen LogP) is 1.00. The van der Waals surface area contributed by atoms with E-state index in [1.54, 1.807) is 6.08 Å². The number of likely N-dealkylation sites (N-methyl/N-ethyl adjacent to an activating group) is 1. The van der Waals surface area contributed by atoms with Gasteiger partial charge in [0.1, 0.15) is 5.57 Å². The summed E-state index contributed by atoms with van der Waals surface area (Å²) in [5, 5.41) is 4.47. The average Bonchev–Trinajstić information content (AvgIpc) is 2.74. The van der Waals surface area contributed by atoms with Gasteiger partial charge in [-0.05, 0) is 29.7 Å². The molecule has 0 aromatic carbocycles. The molecule has 2 amide bonds. The summed E-state index contributed by atoms with van der Waals surface area (Å²) in [6.07, 6.45) is 1.57. The smallest absolute Gasteiger partial charge is 0.265 e. The van der Waals surface area contributed by atoms with Crippen LogP contribution in [0.2, 0.25) is 0 Å². The van der Waals surface area contributed by atoms with Crippen LogP contribution in [0.4, 0.5) is 0 Å². The number of amides is 2. The number of carbonyl (C=O) groups excluding carboxylic acids is 2. The molecule has 1 saturated heterocycles. The molecule has 1 aliphatic rings. The lowest BCUT2D eigenvalue weighted by Crippen LogP contribution is -2.52. The summed E-state index contributed by atoms with van der Waals surface area (Å²) >= 11 is 6.29. The monoisotopic (exact) mass is 252 g/mol. The molecule has 82 valence electrons.